The fourth-order valence-corrected chi connectivity index (χ4v) is 6.62. The molecule has 0 spiro atoms. The minimum atomic E-state index is -0.291. The molecular formula is C18H28O3. The van der Waals surface area contributed by atoms with E-state index in [0.29, 0.717) is 35.9 Å². The summed E-state index contributed by atoms with van der Waals surface area (Å²) in [5, 5.41) is 21.0. The molecule has 0 aromatic rings. The van der Waals surface area contributed by atoms with Crippen molar-refractivity contribution in [3.8, 4) is 0 Å². The molecule has 1 unspecified atom stereocenters. The Bertz CT molecular complexity index is 448. The first-order valence-corrected chi connectivity index (χ1v) is 8.88. The van der Waals surface area contributed by atoms with E-state index < -0.39 is 0 Å². The average molecular weight is 292 g/mol. The van der Waals surface area contributed by atoms with Crippen molar-refractivity contribution in [1.82, 2.24) is 0 Å². The molecule has 8 atom stereocenters. The van der Waals surface area contributed by atoms with Crippen molar-refractivity contribution < 1.29 is 15.0 Å². The zero-order valence-corrected chi connectivity index (χ0v) is 13.0. The van der Waals surface area contributed by atoms with Gasteiger partial charge in [0.05, 0.1) is 12.2 Å². The zero-order chi connectivity index (χ0) is 14.8. The van der Waals surface area contributed by atoms with Crippen molar-refractivity contribution in [3.63, 3.8) is 0 Å². The Labute approximate surface area is 127 Å². The summed E-state index contributed by atoms with van der Waals surface area (Å²) in [7, 11) is 0. The third kappa shape index (κ3) is 1.96. The maximum atomic E-state index is 11.8. The molecule has 0 aliphatic heterocycles. The van der Waals surface area contributed by atoms with Crippen LogP contribution in [0, 0.1) is 35.0 Å². The molecule has 4 rings (SSSR count). The number of aliphatic hydroxyl groups excluding tert-OH is 2. The van der Waals surface area contributed by atoms with E-state index in [9.17, 15) is 15.0 Å². The second kappa shape index (κ2) is 4.79. The lowest BCUT2D eigenvalue weighted by molar-refractivity contribution is -0.141. The number of aliphatic hydroxyl groups is 2. The predicted octanol–water partition coefficient (Wildman–Crippen LogP) is 2.54. The van der Waals surface area contributed by atoms with Crippen LogP contribution in [0.5, 0.6) is 0 Å². The molecule has 4 aliphatic carbocycles. The van der Waals surface area contributed by atoms with Gasteiger partial charge < -0.3 is 10.2 Å². The zero-order valence-electron chi connectivity index (χ0n) is 13.0. The topological polar surface area (TPSA) is 57.5 Å². The molecule has 3 heteroatoms. The van der Waals surface area contributed by atoms with E-state index in [1.54, 1.807) is 0 Å². The molecule has 0 radical (unpaired) electrons. The maximum Gasteiger partial charge on any atom is 0.133 e. The minimum absolute atomic E-state index is 0.0816. The lowest BCUT2D eigenvalue weighted by Crippen LogP contribution is -2.53. The van der Waals surface area contributed by atoms with E-state index in [-0.39, 0.29) is 23.5 Å². The first kappa shape index (κ1) is 14.2. The van der Waals surface area contributed by atoms with Gasteiger partial charge in [0.2, 0.25) is 0 Å². The van der Waals surface area contributed by atoms with Crippen LogP contribution < -0.4 is 0 Å². The van der Waals surface area contributed by atoms with Gasteiger partial charge in [-0.15, -0.1) is 0 Å². The van der Waals surface area contributed by atoms with Gasteiger partial charge in [0.1, 0.15) is 5.78 Å². The highest BCUT2D eigenvalue weighted by Gasteiger charge is 2.58. The molecule has 0 bridgehead atoms. The second-order valence-electron chi connectivity index (χ2n) is 8.48. The van der Waals surface area contributed by atoms with Crippen molar-refractivity contribution in [2.45, 2.75) is 70.5 Å². The SMILES string of the molecule is C[C@]12CC[C@@H]3[C@H]4CCC(=O)C[C@H]4[C@@H](O)C[C@H]3[C@@H]1CCC2O. The molecule has 0 aromatic carbocycles. The Balaban J connectivity index is 1.62. The molecule has 0 aromatic heterocycles. The highest BCUT2D eigenvalue weighted by Crippen LogP contribution is 2.62. The van der Waals surface area contributed by atoms with Crippen molar-refractivity contribution in [2.75, 3.05) is 0 Å². The highest BCUT2D eigenvalue weighted by molar-refractivity contribution is 5.79. The number of fused-ring (bicyclic) bond motifs is 5. The predicted molar refractivity (Wildman–Crippen MR) is 79.5 cm³/mol. The number of Topliss-reactive ketones (excluding diaryl/α,β-unsaturated/α-hetero) is 1. The van der Waals surface area contributed by atoms with Crippen LogP contribution in [-0.4, -0.2) is 28.2 Å². The van der Waals surface area contributed by atoms with Crippen molar-refractivity contribution in [2.24, 2.45) is 35.0 Å². The van der Waals surface area contributed by atoms with Crippen molar-refractivity contribution in [3.05, 3.63) is 0 Å². The molecular weight excluding hydrogens is 264 g/mol. The summed E-state index contributed by atoms with van der Waals surface area (Å²) in [5.74, 6) is 2.98. The van der Waals surface area contributed by atoms with E-state index in [1.807, 2.05) is 0 Å². The van der Waals surface area contributed by atoms with Gasteiger partial charge >= 0.3 is 0 Å². The van der Waals surface area contributed by atoms with Crippen LogP contribution in [0.15, 0.2) is 0 Å². The molecule has 2 N–H and O–H groups in total. The van der Waals surface area contributed by atoms with Gasteiger partial charge in [-0.25, -0.2) is 0 Å². The second-order valence-corrected chi connectivity index (χ2v) is 8.48. The number of ketones is 1. The molecule has 4 aliphatic rings. The highest BCUT2D eigenvalue weighted by atomic mass is 16.3. The Morgan fingerprint density at radius 1 is 1.00 bits per heavy atom. The fourth-order valence-electron chi connectivity index (χ4n) is 6.62. The molecule has 21 heavy (non-hydrogen) atoms. The van der Waals surface area contributed by atoms with Gasteiger partial charge in [0.15, 0.2) is 0 Å². The molecule has 0 heterocycles. The van der Waals surface area contributed by atoms with E-state index in [0.717, 1.165) is 38.5 Å². The van der Waals surface area contributed by atoms with Crippen molar-refractivity contribution in [1.29, 1.82) is 0 Å². The maximum absolute atomic E-state index is 11.8. The van der Waals surface area contributed by atoms with Crippen LogP contribution in [0.4, 0.5) is 0 Å². The van der Waals surface area contributed by atoms with Gasteiger partial charge in [-0.2, -0.15) is 0 Å². The average Bonchev–Trinajstić information content (AvgIpc) is 2.76. The lowest BCUT2D eigenvalue weighted by atomic mass is 9.50. The van der Waals surface area contributed by atoms with Gasteiger partial charge in [0, 0.05) is 12.8 Å². The quantitative estimate of drug-likeness (QED) is 0.721. The van der Waals surface area contributed by atoms with Crippen LogP contribution in [0.25, 0.3) is 0 Å². The fraction of sp³-hybridized carbons (Fsp3) is 0.944. The van der Waals surface area contributed by atoms with Crippen LogP contribution >= 0.6 is 0 Å². The number of hydrogen-bond acceptors (Lipinski definition) is 3. The molecule has 4 fully saturated rings. The van der Waals surface area contributed by atoms with E-state index in [1.165, 1.54) is 6.42 Å². The first-order valence-electron chi connectivity index (χ1n) is 8.88. The first-order chi connectivity index (χ1) is 10.0. The van der Waals surface area contributed by atoms with E-state index in [2.05, 4.69) is 6.92 Å². The number of carbonyl (C=O) groups excluding carboxylic acids is 1. The van der Waals surface area contributed by atoms with Crippen LogP contribution in [-0.2, 0) is 4.79 Å². The van der Waals surface area contributed by atoms with Gasteiger partial charge in [-0.05, 0) is 73.5 Å². The summed E-state index contributed by atoms with van der Waals surface area (Å²) in [6.45, 7) is 2.27. The van der Waals surface area contributed by atoms with Gasteiger partial charge in [0.25, 0.3) is 0 Å². The summed E-state index contributed by atoms with van der Waals surface area (Å²) in [4.78, 5) is 11.8. The van der Waals surface area contributed by atoms with Crippen LogP contribution in [0.1, 0.15) is 58.3 Å². The van der Waals surface area contributed by atoms with Crippen LogP contribution in [0.3, 0.4) is 0 Å². The third-order valence-electron chi connectivity index (χ3n) is 7.77. The van der Waals surface area contributed by atoms with Gasteiger partial charge in [-0.1, -0.05) is 6.92 Å². The van der Waals surface area contributed by atoms with Gasteiger partial charge in [-0.3, -0.25) is 4.79 Å². The third-order valence-corrected chi connectivity index (χ3v) is 7.77. The molecule has 3 nitrogen and oxygen atoms in total. The van der Waals surface area contributed by atoms with Crippen LogP contribution in [0.2, 0.25) is 0 Å². The van der Waals surface area contributed by atoms with E-state index >= 15 is 0 Å². The largest absolute Gasteiger partial charge is 0.393 e. The standard InChI is InChI=1S/C18H28O3/c1-18-7-6-12-11-3-2-10(19)8-14(11)16(20)9-13(12)15(18)4-5-17(18)21/h11-17,20-21H,2-9H2,1H3/t11-,12-,13-,14-,15+,16+,17?,18+/m1/s1. The lowest BCUT2D eigenvalue weighted by Gasteiger charge is -2.56. The Morgan fingerprint density at radius 3 is 2.57 bits per heavy atom. The number of rotatable bonds is 0. The smallest absolute Gasteiger partial charge is 0.133 e. The molecule has 118 valence electrons. The van der Waals surface area contributed by atoms with Crippen molar-refractivity contribution >= 4 is 5.78 Å². The normalized spacial score (nSPS) is 56.5. The monoisotopic (exact) mass is 292 g/mol. The summed E-state index contributed by atoms with van der Waals surface area (Å²) in [6, 6.07) is 0. The molecule has 4 saturated carbocycles. The summed E-state index contributed by atoms with van der Waals surface area (Å²) in [6.07, 6.45) is 7.15. The Hall–Kier alpha value is -0.410. The summed E-state index contributed by atoms with van der Waals surface area (Å²) in [5.41, 5.74) is 0.0816. The summed E-state index contributed by atoms with van der Waals surface area (Å²) < 4.78 is 0. The Morgan fingerprint density at radius 2 is 1.76 bits per heavy atom. The molecule has 0 amide bonds. The number of carbonyl (C=O) groups is 1. The van der Waals surface area contributed by atoms with E-state index in [4.69, 9.17) is 0 Å². The minimum Gasteiger partial charge on any atom is -0.393 e. The Kier molecular flexibility index (Phi) is 3.24. The number of hydrogen-bond donors (Lipinski definition) is 2. The summed E-state index contributed by atoms with van der Waals surface area (Å²) >= 11 is 0. The molecule has 0 saturated heterocycles.